The normalized spacial score (nSPS) is 17.9. The van der Waals surface area contributed by atoms with Gasteiger partial charge in [-0.15, -0.1) is 0 Å². The molecule has 1 aliphatic rings. The Hall–Kier alpha value is -0.290. The van der Waals surface area contributed by atoms with E-state index in [1.165, 1.54) is 25.0 Å². The lowest BCUT2D eigenvalue weighted by molar-refractivity contribution is 0.510. The summed E-state index contributed by atoms with van der Waals surface area (Å²) >= 11 is 12.0. The Balaban J connectivity index is 2.23. The summed E-state index contributed by atoms with van der Waals surface area (Å²) in [7, 11) is -3.59. The van der Waals surface area contributed by atoms with E-state index in [1.807, 2.05) is 0 Å². The van der Waals surface area contributed by atoms with Gasteiger partial charge in [0.05, 0.1) is 5.02 Å². The van der Waals surface area contributed by atoms with Crippen LogP contribution in [-0.2, 0) is 10.0 Å². The van der Waals surface area contributed by atoms with Gasteiger partial charge in [-0.05, 0) is 37.5 Å². The van der Waals surface area contributed by atoms with Gasteiger partial charge in [0.1, 0.15) is 4.90 Å². The van der Waals surface area contributed by atoms with E-state index < -0.39 is 10.0 Å². The molecule has 0 aliphatic heterocycles. The van der Waals surface area contributed by atoms with Gasteiger partial charge >= 0.3 is 0 Å². The molecular weight excluding hydrogens is 317 g/mol. The molecule has 1 fully saturated rings. The van der Waals surface area contributed by atoms with Gasteiger partial charge in [-0.25, -0.2) is 13.1 Å². The van der Waals surface area contributed by atoms with E-state index in [9.17, 15) is 8.42 Å². The molecule has 0 unspecified atom stereocenters. The quantitative estimate of drug-likeness (QED) is 0.837. The summed E-state index contributed by atoms with van der Waals surface area (Å²) in [5.41, 5.74) is 0.706. The average molecular weight is 336 g/mol. The van der Waals surface area contributed by atoms with Crippen molar-refractivity contribution in [3.8, 4) is 0 Å². The molecule has 0 aromatic heterocycles. The second-order valence-corrected chi connectivity index (χ2v) is 7.84. The van der Waals surface area contributed by atoms with Crippen LogP contribution in [0.1, 0.15) is 44.1 Å². The summed E-state index contributed by atoms with van der Waals surface area (Å²) in [6.07, 6.45) is 6.28. The number of sulfonamides is 1. The van der Waals surface area contributed by atoms with E-state index in [1.54, 1.807) is 6.92 Å². The van der Waals surface area contributed by atoms with Crippen LogP contribution in [-0.4, -0.2) is 14.5 Å². The highest BCUT2D eigenvalue weighted by atomic mass is 35.5. The van der Waals surface area contributed by atoms with E-state index in [0.29, 0.717) is 10.6 Å². The van der Waals surface area contributed by atoms with Crippen LogP contribution in [0, 0.1) is 6.92 Å². The van der Waals surface area contributed by atoms with Crippen LogP contribution in [0.5, 0.6) is 0 Å². The standard InChI is InChI=1S/C14H19Cl2NO2S/c1-10-8-14(13(16)9-12(10)15)20(18,19)17-11-6-4-2-3-5-7-11/h8-9,11,17H,2-7H2,1H3. The summed E-state index contributed by atoms with van der Waals surface area (Å²) in [6.45, 7) is 1.77. The highest BCUT2D eigenvalue weighted by molar-refractivity contribution is 7.89. The molecule has 1 aromatic carbocycles. The zero-order chi connectivity index (χ0) is 14.8. The molecule has 1 aromatic rings. The van der Waals surface area contributed by atoms with E-state index >= 15 is 0 Å². The number of rotatable bonds is 3. The molecule has 0 saturated heterocycles. The van der Waals surface area contributed by atoms with Crippen LogP contribution in [0.3, 0.4) is 0 Å². The lowest BCUT2D eigenvalue weighted by atomic mass is 10.1. The van der Waals surface area contributed by atoms with E-state index in [4.69, 9.17) is 23.2 Å². The Kier molecular flexibility index (Phi) is 5.35. The Labute approximate surface area is 130 Å². The zero-order valence-corrected chi connectivity index (χ0v) is 13.8. The fourth-order valence-corrected chi connectivity index (χ4v) is 4.65. The van der Waals surface area contributed by atoms with Gasteiger partial charge in [-0.1, -0.05) is 48.9 Å². The molecule has 6 heteroatoms. The molecule has 0 bridgehead atoms. The minimum Gasteiger partial charge on any atom is -0.208 e. The van der Waals surface area contributed by atoms with Crippen LogP contribution >= 0.6 is 23.2 Å². The Morgan fingerprint density at radius 2 is 1.65 bits per heavy atom. The lowest BCUT2D eigenvalue weighted by Crippen LogP contribution is -2.34. The first-order valence-electron chi connectivity index (χ1n) is 6.88. The Morgan fingerprint density at radius 1 is 1.05 bits per heavy atom. The van der Waals surface area contributed by atoms with Crippen molar-refractivity contribution in [3.63, 3.8) is 0 Å². The predicted octanol–water partition coefficient (Wildman–Crippen LogP) is 4.30. The van der Waals surface area contributed by atoms with Crippen molar-refractivity contribution >= 4 is 33.2 Å². The van der Waals surface area contributed by atoms with Crippen molar-refractivity contribution in [1.82, 2.24) is 4.72 Å². The fraction of sp³-hybridized carbons (Fsp3) is 0.571. The van der Waals surface area contributed by atoms with Crippen molar-refractivity contribution in [2.45, 2.75) is 56.4 Å². The molecule has 1 aliphatic carbocycles. The van der Waals surface area contributed by atoms with Gasteiger partial charge in [-0.3, -0.25) is 0 Å². The van der Waals surface area contributed by atoms with Crippen molar-refractivity contribution in [2.24, 2.45) is 0 Å². The third-order valence-corrected chi connectivity index (χ3v) is 6.07. The highest BCUT2D eigenvalue weighted by Gasteiger charge is 2.24. The molecule has 0 atom stereocenters. The van der Waals surface area contributed by atoms with Gasteiger partial charge in [0.15, 0.2) is 0 Å². The molecule has 0 amide bonds. The van der Waals surface area contributed by atoms with Crippen molar-refractivity contribution in [2.75, 3.05) is 0 Å². The molecule has 112 valence electrons. The molecular formula is C14H19Cl2NO2S. The van der Waals surface area contributed by atoms with Crippen LogP contribution in [0.2, 0.25) is 10.0 Å². The SMILES string of the molecule is Cc1cc(S(=O)(=O)NC2CCCCCC2)c(Cl)cc1Cl. The zero-order valence-electron chi connectivity index (χ0n) is 11.5. The van der Waals surface area contributed by atoms with Crippen LogP contribution in [0.15, 0.2) is 17.0 Å². The number of nitrogens with one attached hydrogen (secondary N) is 1. The minimum atomic E-state index is -3.59. The van der Waals surface area contributed by atoms with Gasteiger partial charge in [0, 0.05) is 11.1 Å². The van der Waals surface area contributed by atoms with Gasteiger partial charge in [0.25, 0.3) is 0 Å². The van der Waals surface area contributed by atoms with Crippen molar-refractivity contribution in [1.29, 1.82) is 0 Å². The fourth-order valence-electron chi connectivity index (χ4n) is 2.52. The number of benzene rings is 1. The predicted molar refractivity (Wildman–Crippen MR) is 83.0 cm³/mol. The van der Waals surface area contributed by atoms with E-state index in [0.717, 1.165) is 25.7 Å². The maximum absolute atomic E-state index is 12.5. The molecule has 20 heavy (non-hydrogen) atoms. The first-order chi connectivity index (χ1) is 9.40. The van der Waals surface area contributed by atoms with E-state index in [2.05, 4.69) is 4.72 Å². The molecule has 0 spiro atoms. The van der Waals surface area contributed by atoms with Gasteiger partial charge in [0.2, 0.25) is 10.0 Å². The second-order valence-electron chi connectivity index (χ2n) is 5.34. The number of hydrogen-bond donors (Lipinski definition) is 1. The molecule has 1 saturated carbocycles. The van der Waals surface area contributed by atoms with Gasteiger partial charge in [-0.2, -0.15) is 0 Å². The molecule has 2 rings (SSSR count). The van der Waals surface area contributed by atoms with E-state index in [-0.39, 0.29) is 16.0 Å². The smallest absolute Gasteiger partial charge is 0.208 e. The van der Waals surface area contributed by atoms with Crippen molar-refractivity contribution < 1.29 is 8.42 Å². The lowest BCUT2D eigenvalue weighted by Gasteiger charge is -2.17. The first kappa shape index (κ1) is 16.1. The topological polar surface area (TPSA) is 46.2 Å². The third-order valence-electron chi connectivity index (χ3n) is 3.68. The van der Waals surface area contributed by atoms with Crippen LogP contribution in [0.4, 0.5) is 0 Å². The number of hydrogen-bond acceptors (Lipinski definition) is 2. The summed E-state index contributed by atoms with van der Waals surface area (Å²) < 4.78 is 27.7. The minimum absolute atomic E-state index is 0.00884. The molecule has 0 heterocycles. The largest absolute Gasteiger partial charge is 0.242 e. The molecule has 3 nitrogen and oxygen atoms in total. The van der Waals surface area contributed by atoms with Crippen LogP contribution in [0.25, 0.3) is 0 Å². The monoisotopic (exact) mass is 335 g/mol. The summed E-state index contributed by atoms with van der Waals surface area (Å²) in [6, 6.07) is 3.03. The summed E-state index contributed by atoms with van der Waals surface area (Å²) in [4.78, 5) is 0.116. The number of halogens is 2. The second kappa shape index (κ2) is 6.65. The summed E-state index contributed by atoms with van der Waals surface area (Å²) in [5.74, 6) is 0. The first-order valence-corrected chi connectivity index (χ1v) is 9.12. The molecule has 1 N–H and O–H groups in total. The van der Waals surface area contributed by atoms with Crippen molar-refractivity contribution in [3.05, 3.63) is 27.7 Å². The Morgan fingerprint density at radius 3 is 2.25 bits per heavy atom. The third kappa shape index (κ3) is 3.88. The number of aryl methyl sites for hydroxylation is 1. The summed E-state index contributed by atoms with van der Waals surface area (Å²) in [5, 5.41) is 0.644. The van der Waals surface area contributed by atoms with Gasteiger partial charge < -0.3 is 0 Å². The Bertz CT molecular complexity index is 579. The highest BCUT2D eigenvalue weighted by Crippen LogP contribution is 2.29. The average Bonchev–Trinajstić information content (AvgIpc) is 2.61. The maximum atomic E-state index is 12.5. The molecule has 0 radical (unpaired) electrons. The van der Waals surface area contributed by atoms with Crippen LogP contribution < -0.4 is 4.72 Å². The maximum Gasteiger partial charge on any atom is 0.242 e.